The van der Waals surface area contributed by atoms with Crippen LogP contribution in [0.1, 0.15) is 36.7 Å². The van der Waals surface area contributed by atoms with Gasteiger partial charge >= 0.3 is 0 Å². The highest BCUT2D eigenvalue weighted by Crippen LogP contribution is 2.22. The molecule has 2 heterocycles. The van der Waals surface area contributed by atoms with Gasteiger partial charge in [0.05, 0.1) is 6.33 Å². The minimum Gasteiger partial charge on any atom is -0.336 e. The van der Waals surface area contributed by atoms with Gasteiger partial charge in [0, 0.05) is 57.2 Å². The number of nitrogens with zero attached hydrogens (tertiary/aromatic N) is 4. The van der Waals surface area contributed by atoms with Gasteiger partial charge in [-0.25, -0.2) is 4.98 Å². The van der Waals surface area contributed by atoms with E-state index in [0.29, 0.717) is 0 Å². The second-order valence-corrected chi connectivity index (χ2v) is 7.76. The number of amides is 1. The SMILES string of the molecule is CC(C)(C)c1ccc(C(=O)N2CCN(CCn3ccnc3)CC2)cc1. The Bertz CT molecular complexity index is 677. The summed E-state index contributed by atoms with van der Waals surface area (Å²) >= 11 is 0. The lowest BCUT2D eigenvalue weighted by Gasteiger charge is -2.34. The van der Waals surface area contributed by atoms with Crippen LogP contribution in [-0.2, 0) is 12.0 Å². The average molecular weight is 340 g/mol. The number of rotatable bonds is 4. The number of hydrogen-bond acceptors (Lipinski definition) is 3. The number of imidazole rings is 1. The van der Waals surface area contributed by atoms with Crippen LogP contribution in [0, 0.1) is 0 Å². The first kappa shape index (κ1) is 17.7. The summed E-state index contributed by atoms with van der Waals surface area (Å²) in [4.78, 5) is 21.2. The number of hydrogen-bond donors (Lipinski definition) is 0. The molecule has 1 aromatic carbocycles. The molecule has 1 aromatic heterocycles. The Morgan fingerprint density at radius 1 is 1.04 bits per heavy atom. The van der Waals surface area contributed by atoms with Crippen molar-refractivity contribution in [1.29, 1.82) is 0 Å². The first-order chi connectivity index (χ1) is 11.9. The Balaban J connectivity index is 1.51. The van der Waals surface area contributed by atoms with Gasteiger partial charge in [-0.2, -0.15) is 0 Å². The van der Waals surface area contributed by atoms with Gasteiger partial charge in [-0.3, -0.25) is 9.69 Å². The quantitative estimate of drug-likeness (QED) is 0.859. The van der Waals surface area contributed by atoms with E-state index in [2.05, 4.69) is 47.4 Å². The molecule has 2 aromatic rings. The fourth-order valence-electron chi connectivity index (χ4n) is 3.15. The van der Waals surface area contributed by atoms with Crippen molar-refractivity contribution in [2.24, 2.45) is 0 Å². The second kappa shape index (κ2) is 7.40. The van der Waals surface area contributed by atoms with Crippen LogP contribution in [0.25, 0.3) is 0 Å². The maximum Gasteiger partial charge on any atom is 0.253 e. The summed E-state index contributed by atoms with van der Waals surface area (Å²) in [5.41, 5.74) is 2.16. The summed E-state index contributed by atoms with van der Waals surface area (Å²) < 4.78 is 2.09. The van der Waals surface area contributed by atoms with E-state index in [1.165, 1.54) is 5.56 Å². The first-order valence-corrected chi connectivity index (χ1v) is 9.01. The molecule has 134 valence electrons. The third-order valence-corrected chi connectivity index (χ3v) is 4.89. The predicted octanol–water partition coefficient (Wildman–Crippen LogP) is 2.64. The minimum absolute atomic E-state index is 0.114. The molecule has 25 heavy (non-hydrogen) atoms. The van der Waals surface area contributed by atoms with E-state index < -0.39 is 0 Å². The lowest BCUT2D eigenvalue weighted by molar-refractivity contribution is 0.0633. The van der Waals surface area contributed by atoms with Crippen LogP contribution in [0.3, 0.4) is 0 Å². The third-order valence-electron chi connectivity index (χ3n) is 4.89. The largest absolute Gasteiger partial charge is 0.336 e. The van der Waals surface area contributed by atoms with E-state index >= 15 is 0 Å². The van der Waals surface area contributed by atoms with Gasteiger partial charge in [0.2, 0.25) is 0 Å². The van der Waals surface area contributed by atoms with Crippen LogP contribution in [0.4, 0.5) is 0 Å². The number of carbonyl (C=O) groups is 1. The molecule has 0 atom stereocenters. The normalized spacial score (nSPS) is 16.2. The van der Waals surface area contributed by atoms with Crippen LogP contribution in [-0.4, -0.2) is 58.0 Å². The molecule has 1 saturated heterocycles. The van der Waals surface area contributed by atoms with Crippen LogP contribution < -0.4 is 0 Å². The van der Waals surface area contributed by atoms with E-state index in [1.54, 1.807) is 0 Å². The maximum absolute atomic E-state index is 12.7. The summed E-state index contributed by atoms with van der Waals surface area (Å²) in [6, 6.07) is 8.09. The first-order valence-electron chi connectivity index (χ1n) is 9.01. The van der Waals surface area contributed by atoms with Gasteiger partial charge in [-0.05, 0) is 23.1 Å². The van der Waals surface area contributed by atoms with Gasteiger partial charge in [0.15, 0.2) is 0 Å². The number of benzene rings is 1. The molecule has 5 nitrogen and oxygen atoms in total. The summed E-state index contributed by atoms with van der Waals surface area (Å²) in [5.74, 6) is 0.148. The Hall–Kier alpha value is -2.14. The highest BCUT2D eigenvalue weighted by molar-refractivity contribution is 5.94. The molecule has 1 amide bonds. The van der Waals surface area contributed by atoms with Gasteiger partial charge in [0.1, 0.15) is 0 Å². The highest BCUT2D eigenvalue weighted by atomic mass is 16.2. The smallest absolute Gasteiger partial charge is 0.253 e. The lowest BCUT2D eigenvalue weighted by Crippen LogP contribution is -2.49. The lowest BCUT2D eigenvalue weighted by atomic mass is 9.86. The van der Waals surface area contributed by atoms with E-state index in [9.17, 15) is 4.79 Å². The molecule has 0 unspecified atom stereocenters. The molecule has 1 aliphatic rings. The molecule has 1 fully saturated rings. The van der Waals surface area contributed by atoms with E-state index in [-0.39, 0.29) is 11.3 Å². The van der Waals surface area contributed by atoms with Crippen LogP contribution in [0.5, 0.6) is 0 Å². The molecule has 3 rings (SSSR count). The van der Waals surface area contributed by atoms with Crippen molar-refractivity contribution in [1.82, 2.24) is 19.4 Å². The fraction of sp³-hybridized carbons (Fsp3) is 0.500. The van der Waals surface area contributed by atoms with Crippen LogP contribution >= 0.6 is 0 Å². The highest BCUT2D eigenvalue weighted by Gasteiger charge is 2.22. The van der Waals surface area contributed by atoms with Gasteiger partial charge in [-0.1, -0.05) is 32.9 Å². The van der Waals surface area contributed by atoms with Crippen molar-refractivity contribution >= 4 is 5.91 Å². The molecule has 0 spiro atoms. The molecule has 5 heteroatoms. The topological polar surface area (TPSA) is 41.4 Å². The monoisotopic (exact) mass is 340 g/mol. The van der Waals surface area contributed by atoms with Crippen molar-refractivity contribution < 1.29 is 4.79 Å². The van der Waals surface area contributed by atoms with Crippen LogP contribution in [0.2, 0.25) is 0 Å². The molecule has 0 aliphatic carbocycles. The molecule has 0 bridgehead atoms. The summed E-state index contributed by atoms with van der Waals surface area (Å²) in [7, 11) is 0. The molecular formula is C20H28N4O. The Morgan fingerprint density at radius 2 is 1.72 bits per heavy atom. The summed E-state index contributed by atoms with van der Waals surface area (Å²) in [5, 5.41) is 0. The van der Waals surface area contributed by atoms with Gasteiger partial charge < -0.3 is 9.47 Å². The number of carbonyl (C=O) groups excluding carboxylic acids is 1. The zero-order valence-electron chi connectivity index (χ0n) is 15.5. The van der Waals surface area contributed by atoms with Crippen molar-refractivity contribution in [3.05, 3.63) is 54.1 Å². The van der Waals surface area contributed by atoms with Crippen molar-refractivity contribution in [2.75, 3.05) is 32.7 Å². The minimum atomic E-state index is 0.114. The molecular weight excluding hydrogens is 312 g/mol. The summed E-state index contributed by atoms with van der Waals surface area (Å²) in [6.45, 7) is 12.0. The average Bonchev–Trinajstić information content (AvgIpc) is 3.13. The van der Waals surface area contributed by atoms with Crippen molar-refractivity contribution in [3.8, 4) is 0 Å². The molecule has 0 N–H and O–H groups in total. The number of piperazine rings is 1. The maximum atomic E-state index is 12.7. The Kier molecular flexibility index (Phi) is 5.23. The zero-order chi connectivity index (χ0) is 17.9. The number of aromatic nitrogens is 2. The Labute approximate surface area is 150 Å². The standard InChI is InChI=1S/C20H28N4O/c1-20(2,3)18-6-4-17(5-7-18)19(25)24-14-12-22(13-15-24)10-11-23-9-8-21-16-23/h4-9,16H,10-15H2,1-3H3. The zero-order valence-corrected chi connectivity index (χ0v) is 15.5. The van der Waals surface area contributed by atoms with Crippen molar-refractivity contribution in [3.63, 3.8) is 0 Å². The van der Waals surface area contributed by atoms with Crippen LogP contribution in [0.15, 0.2) is 43.0 Å². The summed E-state index contributed by atoms with van der Waals surface area (Å²) in [6.07, 6.45) is 5.64. The molecule has 1 aliphatic heterocycles. The van der Waals surface area contributed by atoms with E-state index in [0.717, 1.165) is 44.8 Å². The second-order valence-electron chi connectivity index (χ2n) is 7.76. The van der Waals surface area contributed by atoms with Gasteiger partial charge in [-0.15, -0.1) is 0 Å². The molecule has 0 radical (unpaired) electrons. The van der Waals surface area contributed by atoms with Gasteiger partial charge in [0.25, 0.3) is 5.91 Å². The third kappa shape index (κ3) is 4.48. The molecule has 0 saturated carbocycles. The predicted molar refractivity (Wildman–Crippen MR) is 99.7 cm³/mol. The Morgan fingerprint density at radius 3 is 2.28 bits per heavy atom. The van der Waals surface area contributed by atoms with E-state index in [4.69, 9.17) is 0 Å². The fourth-order valence-corrected chi connectivity index (χ4v) is 3.15. The van der Waals surface area contributed by atoms with Crippen molar-refractivity contribution in [2.45, 2.75) is 32.7 Å². The van der Waals surface area contributed by atoms with E-state index in [1.807, 2.05) is 35.8 Å².